The number of amides is 1. The van der Waals surface area contributed by atoms with Gasteiger partial charge in [-0.3, -0.25) is 4.79 Å². The summed E-state index contributed by atoms with van der Waals surface area (Å²) in [4.78, 5) is 23.6. The number of aliphatic carboxylic acids is 1. The van der Waals surface area contributed by atoms with E-state index in [4.69, 9.17) is 5.11 Å². The minimum atomic E-state index is -0.952. The Morgan fingerprint density at radius 3 is 2.74 bits per heavy atom. The molecule has 1 aliphatic rings. The second-order valence-corrected chi connectivity index (χ2v) is 5.99. The van der Waals surface area contributed by atoms with Gasteiger partial charge in [-0.25, -0.2) is 4.79 Å². The quantitative estimate of drug-likeness (QED) is 0.626. The predicted molar refractivity (Wildman–Crippen MR) is 77.4 cm³/mol. The van der Waals surface area contributed by atoms with E-state index in [9.17, 15) is 9.59 Å². The van der Waals surface area contributed by atoms with Crippen LogP contribution >= 0.6 is 11.8 Å². The summed E-state index contributed by atoms with van der Waals surface area (Å²) in [5.74, 6) is -0.377. The molecule has 0 saturated carbocycles. The van der Waals surface area contributed by atoms with Gasteiger partial charge in [-0.2, -0.15) is 11.8 Å². The first-order valence-corrected chi connectivity index (χ1v) is 8.23. The van der Waals surface area contributed by atoms with Crippen LogP contribution in [-0.4, -0.2) is 47.1 Å². The highest BCUT2D eigenvalue weighted by atomic mass is 32.2. The molecule has 0 bridgehead atoms. The Labute approximate surface area is 118 Å². The highest BCUT2D eigenvalue weighted by molar-refractivity contribution is 7.98. The van der Waals surface area contributed by atoms with Crippen molar-refractivity contribution in [2.45, 2.75) is 50.6 Å². The Morgan fingerprint density at radius 2 is 2.26 bits per heavy atom. The molecule has 1 aliphatic heterocycles. The van der Waals surface area contributed by atoms with E-state index in [-0.39, 0.29) is 5.91 Å². The van der Waals surface area contributed by atoms with Crippen molar-refractivity contribution in [3.8, 4) is 0 Å². The zero-order valence-corrected chi connectivity index (χ0v) is 12.5. The van der Waals surface area contributed by atoms with Gasteiger partial charge in [0.05, 0.1) is 5.54 Å². The molecule has 1 unspecified atom stereocenters. The Hall–Kier alpha value is -0.750. The highest BCUT2D eigenvalue weighted by Gasteiger charge is 2.41. The lowest BCUT2D eigenvalue weighted by Crippen LogP contribution is -2.57. The fraction of sp³-hybridized carbons (Fsp3) is 0.846. The van der Waals surface area contributed by atoms with Gasteiger partial charge in [0, 0.05) is 0 Å². The Kier molecular flexibility index (Phi) is 6.65. The van der Waals surface area contributed by atoms with Crippen LogP contribution in [0.1, 0.15) is 39.0 Å². The van der Waals surface area contributed by atoms with E-state index in [1.807, 2.05) is 13.2 Å². The number of thioether (sulfide) groups is 1. The van der Waals surface area contributed by atoms with Gasteiger partial charge in [0.15, 0.2) is 0 Å². The molecule has 19 heavy (non-hydrogen) atoms. The third-order valence-electron chi connectivity index (χ3n) is 3.57. The maximum absolute atomic E-state index is 12.4. The molecular weight excluding hydrogens is 264 g/mol. The highest BCUT2D eigenvalue weighted by Crippen LogP contribution is 2.25. The molecular formula is C13H24N2O3S. The number of rotatable bonds is 8. The number of carbonyl (C=O) groups is 2. The zero-order chi connectivity index (χ0) is 14.3. The van der Waals surface area contributed by atoms with Crippen molar-refractivity contribution in [3.63, 3.8) is 0 Å². The van der Waals surface area contributed by atoms with E-state index in [2.05, 4.69) is 10.6 Å². The minimum Gasteiger partial charge on any atom is -0.480 e. The van der Waals surface area contributed by atoms with Gasteiger partial charge in [-0.1, -0.05) is 13.3 Å². The molecule has 1 rings (SSSR count). The van der Waals surface area contributed by atoms with Gasteiger partial charge in [0.25, 0.3) is 0 Å². The molecule has 6 heteroatoms. The van der Waals surface area contributed by atoms with Crippen LogP contribution in [0.4, 0.5) is 0 Å². The van der Waals surface area contributed by atoms with Crippen molar-refractivity contribution in [1.82, 2.24) is 10.6 Å². The Morgan fingerprint density at radius 1 is 1.53 bits per heavy atom. The lowest BCUT2D eigenvalue weighted by atomic mass is 9.90. The van der Waals surface area contributed by atoms with Crippen LogP contribution in [0.25, 0.3) is 0 Å². The number of carboxylic acid groups (broad SMARTS) is 1. The molecule has 0 spiro atoms. The number of carbonyl (C=O) groups excluding carboxylic acids is 1. The maximum atomic E-state index is 12.4. The SMILES string of the molecule is CCCC1(C(=O)N[C@H](CCSC)C(=O)O)CCCN1. The van der Waals surface area contributed by atoms with Crippen molar-refractivity contribution < 1.29 is 14.7 Å². The lowest BCUT2D eigenvalue weighted by Gasteiger charge is -2.29. The average molecular weight is 288 g/mol. The van der Waals surface area contributed by atoms with E-state index < -0.39 is 17.6 Å². The van der Waals surface area contributed by atoms with E-state index in [1.54, 1.807) is 11.8 Å². The molecule has 5 nitrogen and oxygen atoms in total. The fourth-order valence-corrected chi connectivity index (χ4v) is 3.01. The van der Waals surface area contributed by atoms with Gasteiger partial charge in [0.2, 0.25) is 5.91 Å². The molecule has 110 valence electrons. The van der Waals surface area contributed by atoms with Gasteiger partial charge < -0.3 is 15.7 Å². The molecule has 1 heterocycles. The van der Waals surface area contributed by atoms with Crippen molar-refractivity contribution >= 4 is 23.6 Å². The molecule has 0 aromatic carbocycles. The van der Waals surface area contributed by atoms with Crippen molar-refractivity contribution in [3.05, 3.63) is 0 Å². The van der Waals surface area contributed by atoms with E-state index in [0.29, 0.717) is 6.42 Å². The maximum Gasteiger partial charge on any atom is 0.326 e. The zero-order valence-electron chi connectivity index (χ0n) is 11.7. The topological polar surface area (TPSA) is 78.4 Å². The Balaban J connectivity index is 2.65. The number of nitrogens with one attached hydrogen (secondary N) is 2. The first-order chi connectivity index (χ1) is 9.05. The molecule has 1 saturated heterocycles. The summed E-state index contributed by atoms with van der Waals surface area (Å²) in [5.41, 5.74) is -0.554. The van der Waals surface area contributed by atoms with Gasteiger partial charge >= 0.3 is 5.97 Å². The summed E-state index contributed by atoms with van der Waals surface area (Å²) in [5, 5.41) is 15.1. The number of hydrogen-bond acceptors (Lipinski definition) is 4. The van der Waals surface area contributed by atoms with Crippen molar-refractivity contribution in [2.75, 3.05) is 18.6 Å². The van der Waals surface area contributed by atoms with Gasteiger partial charge in [0.1, 0.15) is 6.04 Å². The second kappa shape index (κ2) is 7.75. The number of hydrogen-bond donors (Lipinski definition) is 3. The first kappa shape index (κ1) is 16.3. The van der Waals surface area contributed by atoms with Crippen LogP contribution in [-0.2, 0) is 9.59 Å². The van der Waals surface area contributed by atoms with E-state index in [0.717, 1.165) is 38.0 Å². The lowest BCUT2D eigenvalue weighted by molar-refractivity contribution is -0.143. The molecule has 0 aromatic rings. The summed E-state index contributed by atoms with van der Waals surface area (Å²) in [6.45, 7) is 2.87. The molecule has 2 atom stereocenters. The molecule has 1 amide bonds. The third-order valence-corrected chi connectivity index (χ3v) is 4.21. The average Bonchev–Trinajstić information content (AvgIpc) is 2.84. The summed E-state index contributed by atoms with van der Waals surface area (Å²) in [7, 11) is 0. The van der Waals surface area contributed by atoms with Crippen LogP contribution in [0.15, 0.2) is 0 Å². The minimum absolute atomic E-state index is 0.152. The van der Waals surface area contributed by atoms with Crippen LogP contribution in [0.5, 0.6) is 0 Å². The summed E-state index contributed by atoms with van der Waals surface area (Å²) >= 11 is 1.59. The van der Waals surface area contributed by atoms with Gasteiger partial charge in [-0.15, -0.1) is 0 Å². The van der Waals surface area contributed by atoms with Crippen LogP contribution in [0.2, 0.25) is 0 Å². The second-order valence-electron chi connectivity index (χ2n) is 5.01. The monoisotopic (exact) mass is 288 g/mol. The standard InChI is InChI=1S/C13H24N2O3S/c1-3-6-13(7-4-8-14-13)12(18)15-10(11(16)17)5-9-19-2/h10,14H,3-9H2,1-2H3,(H,15,18)(H,16,17)/t10-,13?/m1/s1. The van der Waals surface area contributed by atoms with E-state index in [1.165, 1.54) is 0 Å². The van der Waals surface area contributed by atoms with Crippen molar-refractivity contribution in [2.24, 2.45) is 0 Å². The summed E-state index contributed by atoms with van der Waals surface area (Å²) in [6.07, 6.45) is 5.82. The molecule has 1 fully saturated rings. The van der Waals surface area contributed by atoms with Crippen molar-refractivity contribution in [1.29, 1.82) is 0 Å². The predicted octanol–water partition coefficient (Wildman–Crippen LogP) is 1.23. The fourth-order valence-electron chi connectivity index (χ4n) is 2.54. The largest absolute Gasteiger partial charge is 0.480 e. The molecule has 0 aromatic heterocycles. The molecule has 0 aliphatic carbocycles. The third kappa shape index (κ3) is 4.38. The van der Waals surface area contributed by atoms with Gasteiger partial charge in [-0.05, 0) is 44.2 Å². The summed E-state index contributed by atoms with van der Waals surface area (Å²) < 4.78 is 0. The first-order valence-electron chi connectivity index (χ1n) is 6.83. The smallest absolute Gasteiger partial charge is 0.326 e. The molecule has 3 N–H and O–H groups in total. The Bertz CT molecular complexity index is 317. The van der Waals surface area contributed by atoms with E-state index >= 15 is 0 Å². The number of carboxylic acids is 1. The summed E-state index contributed by atoms with van der Waals surface area (Å²) in [6, 6.07) is -0.781. The normalized spacial score (nSPS) is 24.1. The van der Waals surface area contributed by atoms with Crippen LogP contribution in [0.3, 0.4) is 0 Å². The van der Waals surface area contributed by atoms with Crippen LogP contribution in [0, 0.1) is 0 Å². The molecule has 0 radical (unpaired) electrons. The van der Waals surface area contributed by atoms with Crippen LogP contribution < -0.4 is 10.6 Å².